The van der Waals surface area contributed by atoms with E-state index in [9.17, 15) is 23.2 Å². The molecule has 2 amide bonds. The molecule has 152 valence electrons. The number of carbonyl (C=O) groups excluding carboxylic acids is 3. The van der Waals surface area contributed by atoms with Gasteiger partial charge in [-0.25, -0.2) is 8.78 Å². The Bertz CT molecular complexity index is 785. The topological polar surface area (TPSA) is 66.9 Å². The molecule has 0 unspecified atom stereocenters. The molecule has 6 nitrogen and oxygen atoms in total. The zero-order chi connectivity index (χ0) is 20.3. The first kappa shape index (κ1) is 20.2. The fourth-order valence-corrected chi connectivity index (χ4v) is 4.09. The van der Waals surface area contributed by atoms with Gasteiger partial charge < -0.3 is 14.5 Å². The van der Waals surface area contributed by atoms with Crippen LogP contribution in [0, 0.1) is 17.0 Å². The van der Waals surface area contributed by atoms with Crippen LogP contribution in [0.2, 0.25) is 0 Å². The lowest BCUT2D eigenvalue weighted by atomic mass is 9.78. The van der Waals surface area contributed by atoms with Gasteiger partial charge in [0.2, 0.25) is 11.8 Å². The van der Waals surface area contributed by atoms with Gasteiger partial charge in [-0.15, -0.1) is 0 Å². The van der Waals surface area contributed by atoms with E-state index in [-0.39, 0.29) is 31.2 Å². The highest BCUT2D eigenvalue weighted by atomic mass is 19.2. The van der Waals surface area contributed by atoms with E-state index >= 15 is 0 Å². The first-order valence-corrected chi connectivity index (χ1v) is 9.42. The van der Waals surface area contributed by atoms with Crippen LogP contribution in [0.3, 0.4) is 0 Å². The predicted octanol–water partition coefficient (Wildman–Crippen LogP) is 2.26. The number of benzene rings is 1. The molecule has 0 radical (unpaired) electrons. The molecule has 2 aliphatic heterocycles. The summed E-state index contributed by atoms with van der Waals surface area (Å²) in [5.41, 5.74) is -0.0918. The molecule has 3 rings (SSSR count). The Morgan fingerprint density at radius 3 is 2.64 bits per heavy atom. The van der Waals surface area contributed by atoms with E-state index in [4.69, 9.17) is 0 Å². The van der Waals surface area contributed by atoms with E-state index in [1.165, 1.54) is 13.2 Å². The fraction of sp³-hybridized carbons (Fsp3) is 0.550. The maximum Gasteiger partial charge on any atom is 0.306 e. The van der Waals surface area contributed by atoms with Crippen LogP contribution in [-0.4, -0.2) is 54.3 Å². The molecule has 2 heterocycles. The van der Waals surface area contributed by atoms with Gasteiger partial charge in [-0.1, -0.05) is 6.07 Å². The lowest BCUT2D eigenvalue weighted by Gasteiger charge is -2.39. The summed E-state index contributed by atoms with van der Waals surface area (Å²) in [5, 5.41) is 0. The van der Waals surface area contributed by atoms with Crippen LogP contribution >= 0.6 is 0 Å². The number of methoxy groups -OCH3 is 1. The van der Waals surface area contributed by atoms with Crippen molar-refractivity contribution in [2.75, 3.05) is 26.7 Å². The summed E-state index contributed by atoms with van der Waals surface area (Å²) in [6.07, 6.45) is 2.15. The summed E-state index contributed by atoms with van der Waals surface area (Å²) < 4.78 is 31.1. The Kier molecular flexibility index (Phi) is 5.96. The van der Waals surface area contributed by atoms with Crippen LogP contribution in [0.25, 0.3) is 0 Å². The molecule has 0 aliphatic carbocycles. The molecule has 0 bridgehead atoms. The molecule has 0 saturated carbocycles. The van der Waals surface area contributed by atoms with E-state index in [0.29, 0.717) is 38.0 Å². The number of carbonyl (C=O) groups is 3. The summed E-state index contributed by atoms with van der Waals surface area (Å²) in [7, 11) is 1.28. The lowest BCUT2D eigenvalue weighted by molar-refractivity contribution is -0.147. The molecule has 2 aliphatic rings. The molecular weight excluding hydrogens is 370 g/mol. The van der Waals surface area contributed by atoms with Crippen molar-refractivity contribution < 1.29 is 27.9 Å². The highest BCUT2D eigenvalue weighted by molar-refractivity contribution is 5.87. The normalized spacial score (nSPS) is 22.0. The van der Waals surface area contributed by atoms with Crippen molar-refractivity contribution >= 4 is 17.8 Å². The molecule has 0 aromatic heterocycles. The molecule has 2 saturated heterocycles. The van der Waals surface area contributed by atoms with Gasteiger partial charge in [0.05, 0.1) is 18.9 Å². The van der Waals surface area contributed by atoms with E-state index in [0.717, 1.165) is 18.6 Å². The van der Waals surface area contributed by atoms with E-state index in [2.05, 4.69) is 4.74 Å². The third-order valence-corrected chi connectivity index (χ3v) is 5.66. The maximum absolute atomic E-state index is 13.5. The van der Waals surface area contributed by atoms with Gasteiger partial charge in [0.1, 0.15) is 0 Å². The van der Waals surface area contributed by atoms with Crippen molar-refractivity contribution in [3.05, 3.63) is 35.4 Å². The van der Waals surface area contributed by atoms with Gasteiger partial charge in [0, 0.05) is 32.6 Å². The molecule has 1 spiro atoms. The Hall–Kier alpha value is -2.51. The minimum Gasteiger partial charge on any atom is -0.469 e. The van der Waals surface area contributed by atoms with Crippen LogP contribution in [-0.2, 0) is 25.7 Å². The summed E-state index contributed by atoms with van der Waals surface area (Å²) >= 11 is 0. The second kappa shape index (κ2) is 8.24. The molecule has 1 aromatic carbocycles. The standard InChI is InChI=1S/C20H24F2N2O4/c1-28-18(26)6-5-17(25)24-10-8-20(13-24)7-2-9-23(19(20)27)12-14-3-4-15(21)16(22)11-14/h3-4,11H,2,5-10,12-13H2,1H3/t20-/m0/s1. The molecule has 8 heteroatoms. The first-order chi connectivity index (χ1) is 13.3. The Morgan fingerprint density at radius 1 is 1.14 bits per heavy atom. The van der Waals surface area contributed by atoms with Crippen molar-refractivity contribution in [3.63, 3.8) is 0 Å². The van der Waals surface area contributed by atoms with Crippen molar-refractivity contribution in [1.29, 1.82) is 0 Å². The van der Waals surface area contributed by atoms with E-state index in [1.54, 1.807) is 9.80 Å². The van der Waals surface area contributed by atoms with Crippen molar-refractivity contribution in [1.82, 2.24) is 9.80 Å². The van der Waals surface area contributed by atoms with Gasteiger partial charge >= 0.3 is 5.97 Å². The summed E-state index contributed by atoms with van der Waals surface area (Å²) in [6, 6.07) is 3.65. The Morgan fingerprint density at radius 2 is 1.93 bits per heavy atom. The van der Waals surface area contributed by atoms with Crippen molar-refractivity contribution in [2.45, 2.75) is 38.6 Å². The Labute approximate surface area is 162 Å². The third kappa shape index (κ3) is 4.15. The van der Waals surface area contributed by atoms with Crippen molar-refractivity contribution in [3.8, 4) is 0 Å². The van der Waals surface area contributed by atoms with Crippen LogP contribution in [0.1, 0.15) is 37.7 Å². The van der Waals surface area contributed by atoms with Gasteiger partial charge in [-0.05, 0) is 37.0 Å². The average molecular weight is 394 g/mol. The maximum atomic E-state index is 13.5. The summed E-state index contributed by atoms with van der Waals surface area (Å²) in [5.74, 6) is -2.49. The van der Waals surface area contributed by atoms with Crippen LogP contribution in [0.15, 0.2) is 18.2 Å². The number of esters is 1. The molecule has 1 atom stereocenters. The highest BCUT2D eigenvalue weighted by Gasteiger charge is 2.49. The number of ether oxygens (including phenoxy) is 1. The van der Waals surface area contributed by atoms with Gasteiger partial charge in [-0.2, -0.15) is 0 Å². The molecule has 1 aromatic rings. The van der Waals surface area contributed by atoms with Gasteiger partial charge in [0.25, 0.3) is 0 Å². The zero-order valence-corrected chi connectivity index (χ0v) is 15.9. The number of hydrogen-bond donors (Lipinski definition) is 0. The zero-order valence-electron chi connectivity index (χ0n) is 15.9. The van der Waals surface area contributed by atoms with Crippen LogP contribution in [0.5, 0.6) is 0 Å². The number of rotatable bonds is 5. The minimum absolute atomic E-state index is 0.0229. The van der Waals surface area contributed by atoms with E-state index < -0.39 is 23.0 Å². The number of piperidine rings is 1. The predicted molar refractivity (Wildman–Crippen MR) is 95.9 cm³/mol. The summed E-state index contributed by atoms with van der Waals surface area (Å²) in [6.45, 7) is 1.58. The SMILES string of the molecule is COC(=O)CCC(=O)N1CC[C@@]2(CCCN(Cc3ccc(F)c(F)c3)C2=O)C1. The minimum atomic E-state index is -0.931. The second-order valence-corrected chi connectivity index (χ2v) is 7.50. The average Bonchev–Trinajstić information content (AvgIpc) is 3.11. The molecular formula is C20H24F2N2O4. The fourth-order valence-electron chi connectivity index (χ4n) is 4.09. The monoisotopic (exact) mass is 394 g/mol. The third-order valence-electron chi connectivity index (χ3n) is 5.66. The number of halogens is 2. The number of likely N-dealkylation sites (tertiary alicyclic amines) is 2. The largest absolute Gasteiger partial charge is 0.469 e. The van der Waals surface area contributed by atoms with Crippen LogP contribution in [0.4, 0.5) is 8.78 Å². The second-order valence-electron chi connectivity index (χ2n) is 7.50. The van der Waals surface area contributed by atoms with Crippen LogP contribution < -0.4 is 0 Å². The molecule has 0 N–H and O–H groups in total. The van der Waals surface area contributed by atoms with Gasteiger partial charge in [-0.3, -0.25) is 14.4 Å². The number of amides is 2. The number of nitrogens with zero attached hydrogens (tertiary/aromatic N) is 2. The van der Waals surface area contributed by atoms with Gasteiger partial charge in [0.15, 0.2) is 11.6 Å². The van der Waals surface area contributed by atoms with E-state index in [1.807, 2.05) is 0 Å². The quantitative estimate of drug-likeness (QED) is 0.719. The molecule has 2 fully saturated rings. The smallest absolute Gasteiger partial charge is 0.306 e. The molecule has 28 heavy (non-hydrogen) atoms. The summed E-state index contributed by atoms with van der Waals surface area (Å²) in [4.78, 5) is 40.0. The Balaban J connectivity index is 1.64. The van der Waals surface area contributed by atoms with Crippen molar-refractivity contribution in [2.24, 2.45) is 5.41 Å². The highest BCUT2D eigenvalue weighted by Crippen LogP contribution is 2.40. The number of hydrogen-bond acceptors (Lipinski definition) is 4. The first-order valence-electron chi connectivity index (χ1n) is 9.42. The lowest BCUT2D eigenvalue weighted by Crippen LogP contribution is -2.50.